The third-order valence-corrected chi connectivity index (χ3v) is 4.84. The molecule has 1 aromatic rings. The first-order valence-electron chi connectivity index (χ1n) is 7.39. The molecule has 1 unspecified atom stereocenters. The number of aryl methyl sites for hydroxylation is 1. The molecular formula is C14H20N4O2. The topological polar surface area (TPSA) is 59.4 Å². The van der Waals surface area contributed by atoms with Crippen molar-refractivity contribution in [2.24, 2.45) is 7.05 Å². The molecule has 3 aliphatic rings. The predicted octanol–water partition coefficient (Wildman–Crippen LogP) is 0.562. The van der Waals surface area contributed by atoms with Gasteiger partial charge in [-0.05, 0) is 38.8 Å². The lowest BCUT2D eigenvalue weighted by molar-refractivity contribution is -0.140. The number of ether oxygens (including phenoxy) is 1. The van der Waals surface area contributed by atoms with Crippen LogP contribution in [-0.4, -0.2) is 45.5 Å². The van der Waals surface area contributed by atoms with Crippen molar-refractivity contribution in [3.8, 4) is 0 Å². The molecule has 3 saturated heterocycles. The Balaban J connectivity index is 1.63. The zero-order valence-corrected chi connectivity index (χ0v) is 11.7. The Hall–Kier alpha value is -1.40. The Labute approximate surface area is 118 Å². The molecule has 1 aromatic heterocycles. The van der Waals surface area contributed by atoms with Gasteiger partial charge in [-0.15, -0.1) is 0 Å². The standard InChI is InChI=1S/C14H20N4O2/c1-17-9-10(8-16-17)11-2-3-12-18(11)13(19)14(20-12)4-6-15-7-5-14/h8-9,11-12,15H,2-7H2,1H3/t11?,12-/m1/s1. The van der Waals surface area contributed by atoms with Crippen molar-refractivity contribution in [3.63, 3.8) is 0 Å². The van der Waals surface area contributed by atoms with Crippen LogP contribution in [0.3, 0.4) is 0 Å². The summed E-state index contributed by atoms with van der Waals surface area (Å²) in [5.74, 6) is 0.190. The van der Waals surface area contributed by atoms with Gasteiger partial charge in [-0.1, -0.05) is 0 Å². The second-order valence-corrected chi connectivity index (χ2v) is 6.07. The number of nitrogens with one attached hydrogen (secondary N) is 1. The quantitative estimate of drug-likeness (QED) is 0.814. The molecule has 0 aliphatic carbocycles. The van der Waals surface area contributed by atoms with Crippen LogP contribution in [0.5, 0.6) is 0 Å². The zero-order valence-electron chi connectivity index (χ0n) is 11.7. The summed E-state index contributed by atoms with van der Waals surface area (Å²) in [5, 5.41) is 7.54. The van der Waals surface area contributed by atoms with Crippen LogP contribution in [0.25, 0.3) is 0 Å². The van der Waals surface area contributed by atoms with E-state index in [0.717, 1.165) is 44.3 Å². The summed E-state index contributed by atoms with van der Waals surface area (Å²) >= 11 is 0. The largest absolute Gasteiger partial charge is 0.342 e. The first-order valence-corrected chi connectivity index (χ1v) is 7.39. The van der Waals surface area contributed by atoms with E-state index in [2.05, 4.69) is 10.4 Å². The molecule has 20 heavy (non-hydrogen) atoms. The Bertz CT molecular complexity index is 535. The second kappa shape index (κ2) is 4.30. The van der Waals surface area contributed by atoms with Crippen molar-refractivity contribution in [1.82, 2.24) is 20.0 Å². The van der Waals surface area contributed by atoms with E-state index in [1.165, 1.54) is 0 Å². The minimum absolute atomic E-state index is 0.0363. The van der Waals surface area contributed by atoms with Crippen LogP contribution in [0, 0.1) is 0 Å². The molecule has 0 aromatic carbocycles. The second-order valence-electron chi connectivity index (χ2n) is 6.07. The van der Waals surface area contributed by atoms with Gasteiger partial charge in [0.2, 0.25) is 0 Å². The minimum Gasteiger partial charge on any atom is -0.342 e. The molecule has 1 N–H and O–H groups in total. The van der Waals surface area contributed by atoms with Gasteiger partial charge >= 0.3 is 0 Å². The zero-order chi connectivity index (χ0) is 13.7. The molecule has 6 heteroatoms. The van der Waals surface area contributed by atoms with Gasteiger partial charge in [-0.25, -0.2) is 0 Å². The number of rotatable bonds is 1. The molecule has 4 heterocycles. The van der Waals surface area contributed by atoms with Crippen LogP contribution >= 0.6 is 0 Å². The highest BCUT2D eigenvalue weighted by molar-refractivity contribution is 5.88. The fourth-order valence-electron chi connectivity index (χ4n) is 3.82. The molecule has 1 spiro atoms. The van der Waals surface area contributed by atoms with Gasteiger partial charge in [-0.3, -0.25) is 9.48 Å². The number of carbonyl (C=O) groups is 1. The van der Waals surface area contributed by atoms with Gasteiger partial charge in [-0.2, -0.15) is 5.10 Å². The van der Waals surface area contributed by atoms with E-state index >= 15 is 0 Å². The van der Waals surface area contributed by atoms with Gasteiger partial charge in [0, 0.05) is 18.8 Å². The van der Waals surface area contributed by atoms with Gasteiger partial charge < -0.3 is 15.0 Å². The monoisotopic (exact) mass is 276 g/mol. The van der Waals surface area contributed by atoms with Crippen LogP contribution in [0.1, 0.15) is 37.3 Å². The van der Waals surface area contributed by atoms with Crippen LogP contribution < -0.4 is 5.32 Å². The van der Waals surface area contributed by atoms with E-state index in [4.69, 9.17) is 4.74 Å². The smallest absolute Gasteiger partial charge is 0.257 e. The van der Waals surface area contributed by atoms with Gasteiger partial charge in [0.15, 0.2) is 5.60 Å². The maximum Gasteiger partial charge on any atom is 0.257 e. The van der Waals surface area contributed by atoms with Crippen molar-refractivity contribution in [1.29, 1.82) is 0 Å². The number of aromatic nitrogens is 2. The van der Waals surface area contributed by atoms with E-state index in [9.17, 15) is 4.79 Å². The predicted molar refractivity (Wildman–Crippen MR) is 71.7 cm³/mol. The highest BCUT2D eigenvalue weighted by Crippen LogP contribution is 2.46. The third-order valence-electron chi connectivity index (χ3n) is 4.84. The van der Waals surface area contributed by atoms with E-state index in [1.807, 2.05) is 24.3 Å². The maximum absolute atomic E-state index is 12.9. The number of hydrogen-bond donors (Lipinski definition) is 1. The molecule has 3 fully saturated rings. The van der Waals surface area contributed by atoms with Gasteiger partial charge in [0.1, 0.15) is 6.23 Å². The number of nitrogens with zero attached hydrogens (tertiary/aromatic N) is 3. The molecule has 0 saturated carbocycles. The normalized spacial score (nSPS) is 32.0. The minimum atomic E-state index is -0.559. The van der Waals surface area contributed by atoms with Gasteiger partial charge in [0.25, 0.3) is 5.91 Å². The Morgan fingerprint density at radius 2 is 2.20 bits per heavy atom. The SMILES string of the molecule is Cn1cc(C2CC[C@H]3OC4(CCNCC4)C(=O)N23)cn1. The maximum atomic E-state index is 12.9. The number of fused-ring (bicyclic) bond motifs is 1. The molecule has 0 bridgehead atoms. The summed E-state index contributed by atoms with van der Waals surface area (Å²) < 4.78 is 7.99. The summed E-state index contributed by atoms with van der Waals surface area (Å²) in [5.41, 5.74) is 0.564. The summed E-state index contributed by atoms with van der Waals surface area (Å²) in [6.45, 7) is 1.73. The summed E-state index contributed by atoms with van der Waals surface area (Å²) in [7, 11) is 1.91. The highest BCUT2D eigenvalue weighted by Gasteiger charge is 2.57. The van der Waals surface area contributed by atoms with E-state index in [0.29, 0.717) is 0 Å². The molecule has 4 rings (SSSR count). The summed E-state index contributed by atoms with van der Waals surface area (Å²) in [4.78, 5) is 14.9. The average Bonchev–Trinajstić information content (AvgIpc) is 3.10. The third kappa shape index (κ3) is 1.64. The molecule has 6 nitrogen and oxygen atoms in total. The van der Waals surface area contributed by atoms with E-state index in [1.54, 1.807) is 4.68 Å². The van der Waals surface area contributed by atoms with Gasteiger partial charge in [0.05, 0.1) is 12.2 Å². The molecule has 108 valence electrons. The van der Waals surface area contributed by atoms with Crippen molar-refractivity contribution < 1.29 is 9.53 Å². The summed E-state index contributed by atoms with van der Waals surface area (Å²) in [6.07, 6.45) is 7.32. The first-order chi connectivity index (χ1) is 9.70. The van der Waals surface area contributed by atoms with Crippen molar-refractivity contribution in [3.05, 3.63) is 18.0 Å². The van der Waals surface area contributed by atoms with Crippen LogP contribution in [0.15, 0.2) is 12.4 Å². The van der Waals surface area contributed by atoms with Crippen LogP contribution in [0.2, 0.25) is 0 Å². The summed E-state index contributed by atoms with van der Waals surface area (Å²) in [6, 6.07) is 0.135. The number of piperidine rings is 1. The molecule has 2 atom stereocenters. The number of carbonyl (C=O) groups excluding carboxylic acids is 1. The van der Waals surface area contributed by atoms with E-state index < -0.39 is 5.60 Å². The lowest BCUT2D eigenvalue weighted by Crippen LogP contribution is -2.49. The highest BCUT2D eigenvalue weighted by atomic mass is 16.6. The fraction of sp³-hybridized carbons (Fsp3) is 0.714. The Kier molecular flexibility index (Phi) is 2.65. The lowest BCUT2D eigenvalue weighted by atomic mass is 9.91. The first kappa shape index (κ1) is 12.3. The van der Waals surface area contributed by atoms with Crippen molar-refractivity contribution in [2.75, 3.05) is 13.1 Å². The Morgan fingerprint density at radius 1 is 1.40 bits per heavy atom. The molecule has 3 aliphatic heterocycles. The van der Waals surface area contributed by atoms with Crippen molar-refractivity contribution >= 4 is 5.91 Å². The molecule has 1 amide bonds. The number of amides is 1. The Morgan fingerprint density at radius 3 is 2.90 bits per heavy atom. The van der Waals surface area contributed by atoms with Crippen LogP contribution in [0.4, 0.5) is 0 Å². The van der Waals surface area contributed by atoms with Crippen LogP contribution in [-0.2, 0) is 16.6 Å². The number of hydrogen-bond acceptors (Lipinski definition) is 4. The van der Waals surface area contributed by atoms with Crippen molar-refractivity contribution in [2.45, 2.75) is 43.6 Å². The lowest BCUT2D eigenvalue weighted by Gasteiger charge is -2.31. The average molecular weight is 276 g/mol. The molecular weight excluding hydrogens is 256 g/mol. The molecule has 0 radical (unpaired) electrons. The van der Waals surface area contributed by atoms with E-state index in [-0.39, 0.29) is 18.2 Å². The fourth-order valence-corrected chi connectivity index (χ4v) is 3.82.